The van der Waals surface area contributed by atoms with E-state index < -0.39 is 18.3 Å². The van der Waals surface area contributed by atoms with Crippen LogP contribution in [0.3, 0.4) is 0 Å². The molecule has 1 unspecified atom stereocenters. The smallest absolute Gasteiger partial charge is 0.324 e. The summed E-state index contributed by atoms with van der Waals surface area (Å²) in [4.78, 5) is 1.40. The van der Waals surface area contributed by atoms with Crippen molar-refractivity contribution in [1.29, 1.82) is 0 Å². The molecule has 16 heavy (non-hydrogen) atoms. The number of nitrogens with zero attached hydrogens (tertiary/aromatic N) is 1. The van der Waals surface area contributed by atoms with Crippen molar-refractivity contribution < 1.29 is 13.2 Å². The molecule has 2 N–H and O–H groups in total. The van der Waals surface area contributed by atoms with Gasteiger partial charge < -0.3 is 5.73 Å². The lowest BCUT2D eigenvalue weighted by molar-refractivity contribution is -0.147. The van der Waals surface area contributed by atoms with E-state index in [1.54, 1.807) is 0 Å². The van der Waals surface area contributed by atoms with Crippen LogP contribution in [0.15, 0.2) is 0 Å². The first-order valence-electron chi connectivity index (χ1n) is 5.78. The van der Waals surface area contributed by atoms with Crippen LogP contribution in [0.2, 0.25) is 0 Å². The Morgan fingerprint density at radius 2 is 1.62 bits per heavy atom. The topological polar surface area (TPSA) is 29.3 Å². The number of hydrogen-bond acceptors (Lipinski definition) is 2. The van der Waals surface area contributed by atoms with Crippen molar-refractivity contribution in [2.75, 3.05) is 19.6 Å². The Morgan fingerprint density at radius 3 is 2.00 bits per heavy atom. The number of nitrogens with two attached hydrogens (primary N) is 1. The molecular weight excluding hydrogens is 217 g/mol. The predicted octanol–water partition coefficient (Wildman–Crippen LogP) is 2.78. The van der Waals surface area contributed by atoms with Crippen molar-refractivity contribution in [1.82, 2.24) is 4.90 Å². The highest BCUT2D eigenvalue weighted by Gasteiger charge is 2.32. The zero-order valence-electron chi connectivity index (χ0n) is 10.4. The van der Waals surface area contributed by atoms with Gasteiger partial charge in [0.05, 0.1) is 6.54 Å². The highest BCUT2D eigenvalue weighted by atomic mass is 19.4. The van der Waals surface area contributed by atoms with Crippen LogP contribution in [-0.2, 0) is 0 Å². The summed E-state index contributed by atoms with van der Waals surface area (Å²) >= 11 is 0. The molecule has 2 nitrogen and oxygen atoms in total. The Morgan fingerprint density at radius 1 is 1.06 bits per heavy atom. The first kappa shape index (κ1) is 15.7. The van der Waals surface area contributed by atoms with Gasteiger partial charge in [-0.05, 0) is 26.3 Å². The van der Waals surface area contributed by atoms with Gasteiger partial charge in [-0.25, -0.2) is 0 Å². The second-order valence-electron chi connectivity index (χ2n) is 4.73. The first-order valence-corrected chi connectivity index (χ1v) is 5.78. The molecule has 0 aromatic rings. The van der Waals surface area contributed by atoms with Gasteiger partial charge in [0, 0.05) is 12.1 Å². The molecule has 0 amide bonds. The first-order chi connectivity index (χ1) is 7.20. The summed E-state index contributed by atoms with van der Waals surface area (Å²) in [6.45, 7) is 5.55. The Hall–Kier alpha value is -0.290. The van der Waals surface area contributed by atoms with Crippen molar-refractivity contribution in [2.24, 2.45) is 5.73 Å². The zero-order chi connectivity index (χ0) is 12.8. The fourth-order valence-electron chi connectivity index (χ4n) is 1.94. The van der Waals surface area contributed by atoms with Crippen LogP contribution in [0, 0.1) is 0 Å². The van der Waals surface area contributed by atoms with Gasteiger partial charge in [-0.15, -0.1) is 0 Å². The van der Waals surface area contributed by atoms with Gasteiger partial charge in [0.15, 0.2) is 0 Å². The minimum atomic E-state index is -4.14. The molecule has 0 heterocycles. The van der Waals surface area contributed by atoms with Gasteiger partial charge in [-0.3, -0.25) is 4.90 Å². The number of alkyl halides is 3. The predicted molar refractivity (Wildman–Crippen MR) is 60.3 cm³/mol. The minimum Gasteiger partial charge on any atom is -0.324 e. The summed E-state index contributed by atoms with van der Waals surface area (Å²) in [6, 6.07) is 0. The summed E-state index contributed by atoms with van der Waals surface area (Å²) in [5.74, 6) is 0. The molecular formula is C11H23F3N2. The molecule has 0 saturated carbocycles. The van der Waals surface area contributed by atoms with Crippen molar-refractivity contribution in [3.63, 3.8) is 0 Å². The molecule has 1 atom stereocenters. The SMILES string of the molecule is CCCN(CC(F)(F)F)CC(C)(N)CCC. The van der Waals surface area contributed by atoms with Gasteiger partial charge in [-0.1, -0.05) is 20.3 Å². The molecule has 0 aromatic heterocycles. The summed E-state index contributed by atoms with van der Waals surface area (Å²) in [5, 5.41) is 0. The third-order valence-electron chi connectivity index (χ3n) is 2.35. The lowest BCUT2D eigenvalue weighted by Crippen LogP contribution is -2.50. The van der Waals surface area contributed by atoms with Crippen LogP contribution < -0.4 is 5.73 Å². The number of rotatable bonds is 7. The highest BCUT2D eigenvalue weighted by Crippen LogP contribution is 2.19. The molecule has 0 saturated heterocycles. The van der Waals surface area contributed by atoms with Crippen LogP contribution in [0.25, 0.3) is 0 Å². The molecule has 5 heteroatoms. The molecule has 0 bridgehead atoms. The quantitative estimate of drug-likeness (QED) is 0.741. The molecule has 0 aromatic carbocycles. The third-order valence-corrected chi connectivity index (χ3v) is 2.35. The van der Waals surface area contributed by atoms with E-state index in [1.165, 1.54) is 4.90 Å². The van der Waals surface area contributed by atoms with Gasteiger partial charge in [-0.2, -0.15) is 13.2 Å². The van der Waals surface area contributed by atoms with E-state index in [0.717, 1.165) is 12.8 Å². The zero-order valence-corrected chi connectivity index (χ0v) is 10.4. The van der Waals surface area contributed by atoms with E-state index in [2.05, 4.69) is 0 Å². The van der Waals surface area contributed by atoms with E-state index in [0.29, 0.717) is 19.5 Å². The number of hydrogen-bond donors (Lipinski definition) is 1. The Bertz CT molecular complexity index is 190. The third kappa shape index (κ3) is 7.93. The van der Waals surface area contributed by atoms with Crippen molar-refractivity contribution in [2.45, 2.75) is 51.7 Å². The van der Waals surface area contributed by atoms with Crippen LogP contribution in [0.1, 0.15) is 40.0 Å². The van der Waals surface area contributed by atoms with E-state index in [1.807, 2.05) is 20.8 Å². The Balaban J connectivity index is 4.32. The van der Waals surface area contributed by atoms with Crippen molar-refractivity contribution in [3.05, 3.63) is 0 Å². The van der Waals surface area contributed by atoms with E-state index >= 15 is 0 Å². The maximum atomic E-state index is 12.3. The second kappa shape index (κ2) is 6.45. The molecule has 0 rings (SSSR count). The Labute approximate surface area is 96.0 Å². The average Bonchev–Trinajstić information content (AvgIpc) is 1.99. The highest BCUT2D eigenvalue weighted by molar-refractivity contribution is 4.83. The second-order valence-corrected chi connectivity index (χ2v) is 4.73. The van der Waals surface area contributed by atoms with Gasteiger partial charge in [0.2, 0.25) is 0 Å². The molecule has 0 aliphatic rings. The molecule has 0 radical (unpaired) electrons. The molecule has 0 fully saturated rings. The molecule has 98 valence electrons. The van der Waals surface area contributed by atoms with Gasteiger partial charge in [0.25, 0.3) is 0 Å². The lowest BCUT2D eigenvalue weighted by atomic mass is 9.97. The van der Waals surface area contributed by atoms with E-state index in [4.69, 9.17) is 5.73 Å². The fourth-order valence-corrected chi connectivity index (χ4v) is 1.94. The largest absolute Gasteiger partial charge is 0.401 e. The lowest BCUT2D eigenvalue weighted by Gasteiger charge is -2.32. The molecule has 0 aliphatic carbocycles. The normalized spacial score (nSPS) is 16.5. The van der Waals surface area contributed by atoms with Gasteiger partial charge in [0.1, 0.15) is 0 Å². The van der Waals surface area contributed by atoms with Crippen LogP contribution >= 0.6 is 0 Å². The molecule has 0 spiro atoms. The standard InChI is InChI=1S/C11H23F3N2/c1-4-6-10(3,15)8-16(7-5-2)9-11(12,13)14/h4-9,15H2,1-3H3. The van der Waals surface area contributed by atoms with Crippen LogP contribution in [0.5, 0.6) is 0 Å². The summed E-state index contributed by atoms with van der Waals surface area (Å²) in [6.07, 6.45) is -1.81. The van der Waals surface area contributed by atoms with Crippen LogP contribution in [0.4, 0.5) is 13.2 Å². The van der Waals surface area contributed by atoms with E-state index in [-0.39, 0.29) is 0 Å². The maximum absolute atomic E-state index is 12.3. The minimum absolute atomic E-state index is 0.300. The van der Waals surface area contributed by atoms with E-state index in [9.17, 15) is 13.2 Å². The van der Waals surface area contributed by atoms with Gasteiger partial charge >= 0.3 is 6.18 Å². The summed E-state index contributed by atoms with van der Waals surface area (Å²) < 4.78 is 36.9. The van der Waals surface area contributed by atoms with Crippen molar-refractivity contribution in [3.8, 4) is 0 Å². The van der Waals surface area contributed by atoms with Crippen LogP contribution in [-0.4, -0.2) is 36.2 Å². The fraction of sp³-hybridized carbons (Fsp3) is 1.00. The summed E-state index contributed by atoms with van der Waals surface area (Å²) in [7, 11) is 0. The molecule has 0 aliphatic heterocycles. The number of halogens is 3. The summed E-state index contributed by atoms with van der Waals surface area (Å²) in [5.41, 5.74) is 5.44. The Kier molecular flexibility index (Phi) is 6.33. The monoisotopic (exact) mass is 240 g/mol. The average molecular weight is 240 g/mol. The maximum Gasteiger partial charge on any atom is 0.401 e. The van der Waals surface area contributed by atoms with Crippen molar-refractivity contribution >= 4 is 0 Å².